The number of nitrogens with zero attached hydrogens (tertiary/aromatic N) is 7. The number of aliphatic hydroxyl groups excluding tert-OH is 3. The van der Waals surface area contributed by atoms with E-state index < -0.39 is 113 Å². The van der Waals surface area contributed by atoms with E-state index in [0.717, 1.165) is 21.5 Å². The average Bonchev–Trinajstić information content (AvgIpc) is 3.85. The zero-order valence-corrected chi connectivity index (χ0v) is 32.3. The van der Waals surface area contributed by atoms with Gasteiger partial charge in [-0.25, -0.2) is 31.7 Å². The third-order valence-electron chi connectivity index (χ3n) is 9.10. The van der Waals surface area contributed by atoms with Gasteiger partial charge >= 0.3 is 29.1 Å². The summed E-state index contributed by atoms with van der Waals surface area (Å²) < 4.78 is 97.1. The van der Waals surface area contributed by atoms with E-state index in [2.05, 4.69) is 38.1 Å². The van der Waals surface area contributed by atoms with E-state index in [1.165, 1.54) is 22.5 Å². The minimum Gasteiger partial charge on any atom is -0.388 e. The van der Waals surface area contributed by atoms with Crippen molar-refractivity contribution in [3.05, 3.63) is 33.4 Å². The smallest absolute Gasteiger partial charge is 0.388 e. The maximum Gasteiger partial charge on any atom is 0.490 e. The molecule has 34 heteroatoms. The number of hydrogen-bond acceptors (Lipinski definition) is 21. The molecule has 3 saturated heterocycles. The number of ether oxygens (including phenoxy) is 2. The highest BCUT2D eigenvalue weighted by molar-refractivity contribution is 7.88. The monoisotopic (exact) mass is 892 g/mol. The molecule has 2 bridgehead atoms. The number of hydrogen-bond donors (Lipinski definition) is 10. The molecule has 3 fully saturated rings. The number of imidazole rings is 2. The van der Waals surface area contributed by atoms with Crippen LogP contribution in [0.25, 0.3) is 22.3 Å². The van der Waals surface area contributed by atoms with Crippen LogP contribution >= 0.6 is 23.5 Å². The lowest BCUT2D eigenvalue weighted by atomic mass is 10.0. The van der Waals surface area contributed by atoms with E-state index in [1.807, 2.05) is 0 Å². The third kappa shape index (κ3) is 7.60. The summed E-state index contributed by atoms with van der Waals surface area (Å²) in [6, 6.07) is -1.46. The Balaban J connectivity index is 1.01. The quantitative estimate of drug-likeness (QED) is 0.0444. The van der Waals surface area contributed by atoms with Crippen LogP contribution in [0.15, 0.2) is 22.2 Å². The number of anilines is 2. The molecular formula is C23H33N11O19P3S+. The van der Waals surface area contributed by atoms with Crippen molar-refractivity contribution >= 4 is 67.7 Å². The number of sulfonamides is 1. The second-order valence-corrected chi connectivity index (χ2v) is 19.6. The van der Waals surface area contributed by atoms with E-state index in [4.69, 9.17) is 25.5 Å². The van der Waals surface area contributed by atoms with Crippen molar-refractivity contribution in [1.82, 2.24) is 38.4 Å². The second kappa shape index (κ2) is 14.0. The summed E-state index contributed by atoms with van der Waals surface area (Å²) in [5, 5.41) is 32.4. The summed E-state index contributed by atoms with van der Waals surface area (Å²) in [4.78, 5) is 71.6. The van der Waals surface area contributed by atoms with Crippen molar-refractivity contribution in [2.75, 3.05) is 37.5 Å². The molecule has 0 aliphatic carbocycles. The predicted octanol–water partition coefficient (Wildman–Crippen LogP) is -4.89. The molecule has 11 atom stereocenters. The number of aliphatic hydroxyl groups is 3. The molecule has 0 spiro atoms. The minimum atomic E-state index is -6.11. The molecule has 4 aromatic rings. The number of aromatic nitrogens is 8. The van der Waals surface area contributed by atoms with Crippen LogP contribution in [0.4, 0.5) is 11.9 Å². The molecule has 3 aliphatic heterocycles. The van der Waals surface area contributed by atoms with Crippen molar-refractivity contribution in [2.24, 2.45) is 7.05 Å². The van der Waals surface area contributed by atoms with Gasteiger partial charge in [-0.05, 0) is 0 Å². The van der Waals surface area contributed by atoms with E-state index in [-0.39, 0.29) is 34.2 Å². The maximum atomic E-state index is 12.9. The van der Waals surface area contributed by atoms with Crippen molar-refractivity contribution < 1.29 is 83.8 Å². The minimum absolute atomic E-state index is 0.0299. The Kier molecular flexibility index (Phi) is 10.2. The third-order valence-corrected chi connectivity index (χ3v) is 14.6. The molecule has 0 aromatic carbocycles. The largest absolute Gasteiger partial charge is 0.490 e. The molecule has 7 heterocycles. The van der Waals surface area contributed by atoms with Crippen LogP contribution in [0.1, 0.15) is 12.5 Å². The summed E-state index contributed by atoms with van der Waals surface area (Å²) in [5.41, 5.74) is 7.15. The first-order valence-electron chi connectivity index (χ1n) is 15.8. The normalized spacial score (nSPS) is 31.2. The number of rotatable bonds is 13. The highest BCUT2D eigenvalue weighted by Gasteiger charge is 2.68. The molecule has 3 aliphatic rings. The number of phosphoric acid groups is 3. The first-order valence-corrected chi connectivity index (χ1v) is 22.2. The van der Waals surface area contributed by atoms with Crippen molar-refractivity contribution in [2.45, 2.75) is 48.5 Å². The van der Waals surface area contributed by atoms with E-state index >= 15 is 0 Å². The number of aryl methyl sites for hydroxylation is 1. The lowest BCUT2D eigenvalue weighted by Gasteiger charge is -2.34. The summed E-state index contributed by atoms with van der Waals surface area (Å²) in [7, 11) is -20.4. The Labute approximate surface area is 316 Å². The molecule has 12 N–H and O–H groups in total. The fourth-order valence-corrected chi connectivity index (χ4v) is 11.4. The Bertz CT molecular complexity index is 2650. The molecule has 314 valence electrons. The van der Waals surface area contributed by atoms with Gasteiger partial charge in [0.2, 0.25) is 27.7 Å². The summed E-state index contributed by atoms with van der Waals surface area (Å²) in [6.45, 7) is -3.02. The number of nitrogens with two attached hydrogens (primary N) is 2. The van der Waals surface area contributed by atoms with Gasteiger partial charge in [0.25, 0.3) is 17.1 Å². The molecule has 5 unspecified atom stereocenters. The van der Waals surface area contributed by atoms with Crippen molar-refractivity contribution in [3.63, 3.8) is 0 Å². The van der Waals surface area contributed by atoms with Crippen LogP contribution in [0, 0.1) is 0 Å². The number of nitrogen functional groups attached to an aromatic ring is 2. The van der Waals surface area contributed by atoms with Crippen LogP contribution in [-0.2, 0) is 57.9 Å². The molecule has 4 aromatic heterocycles. The number of H-pyrrole nitrogens is 2. The molecule has 0 saturated carbocycles. The first-order chi connectivity index (χ1) is 26.3. The van der Waals surface area contributed by atoms with Gasteiger partial charge in [-0.2, -0.15) is 17.9 Å². The van der Waals surface area contributed by atoms with Crippen LogP contribution in [-0.4, -0.2) is 139 Å². The zero-order valence-electron chi connectivity index (χ0n) is 28.8. The standard InChI is InChI=1S/C23H32N11O19P3S/c1-31-7-33(16-11(31)18(39)30-22(25)28-16)19-10-14(37)23(51-19,4-34(10)57(2,46)47)5-49-55(42,43)53-56(44,45)52-54(40,41)48-3-8-12(35)13(36)20(50-8)32-6-26-9-15(32)27-21(24)29-17(9)38/h6-8,10,12-14,19-20,35-37H,3-5H2,1-2H3,(H8-,24,25,27,28,29,30,38,39,40,41,42,43,44,45)/p+1/t8-,10?,12?,13+,14-,19-,20-,23-/m1/s1. The molecule has 0 radical (unpaired) electrons. The van der Waals surface area contributed by atoms with Crippen LogP contribution in [0.3, 0.4) is 0 Å². The highest BCUT2D eigenvalue weighted by Crippen LogP contribution is 2.68. The van der Waals surface area contributed by atoms with E-state index in [0.29, 0.717) is 0 Å². The van der Waals surface area contributed by atoms with Crippen LogP contribution in [0.2, 0.25) is 0 Å². The second-order valence-electron chi connectivity index (χ2n) is 13.0. The van der Waals surface area contributed by atoms with Crippen molar-refractivity contribution in [3.8, 4) is 0 Å². The Morgan fingerprint density at radius 2 is 1.63 bits per heavy atom. The predicted molar refractivity (Wildman–Crippen MR) is 182 cm³/mol. The molecule has 30 nitrogen and oxygen atoms in total. The van der Waals surface area contributed by atoms with Crippen molar-refractivity contribution in [1.29, 1.82) is 0 Å². The van der Waals surface area contributed by atoms with E-state index in [9.17, 15) is 61.7 Å². The van der Waals surface area contributed by atoms with Gasteiger partial charge in [-0.3, -0.25) is 37.7 Å². The summed E-state index contributed by atoms with van der Waals surface area (Å²) >= 11 is 0. The fourth-order valence-electron chi connectivity index (χ4n) is 6.73. The summed E-state index contributed by atoms with van der Waals surface area (Å²) in [5.74, 6) is -0.640. The van der Waals surface area contributed by atoms with Gasteiger partial charge in [-0.15, -0.1) is 0 Å². The average molecular weight is 893 g/mol. The molecule has 0 amide bonds. The lowest BCUT2D eigenvalue weighted by molar-refractivity contribution is -0.747. The number of morpholine rings is 1. The van der Waals surface area contributed by atoms with Crippen LogP contribution in [0.5, 0.6) is 0 Å². The maximum absolute atomic E-state index is 12.9. The Morgan fingerprint density at radius 3 is 2.30 bits per heavy atom. The fraction of sp³-hybridized carbons (Fsp3) is 0.565. The SMILES string of the molecule is Cn1c[n+]([C@@H]2O[C@@]3(COP(=O)(O)OP(=O)(O)OP(=O)(O)OC[C@H]4O[C@@H](n5cnc6c(=O)[nH]c(N)nc65)[C@@H](O)C4O)CN(S(C)(=O)=O)C2[C@H]3O)c2nc(N)[nH]c(=O)c21. The number of aromatic amines is 2. The van der Waals surface area contributed by atoms with Crippen LogP contribution < -0.4 is 27.2 Å². The number of phosphoric ester groups is 2. The topological polar surface area (TPSA) is 436 Å². The number of nitrogens with one attached hydrogen (secondary N) is 2. The van der Waals surface area contributed by atoms with Gasteiger partial charge in [-0.1, -0.05) is 4.98 Å². The first kappa shape index (κ1) is 41.6. The van der Waals surface area contributed by atoms with E-state index in [1.54, 1.807) is 0 Å². The lowest BCUT2D eigenvalue weighted by Crippen LogP contribution is -2.56. The zero-order chi connectivity index (χ0) is 41.8. The Hall–Kier alpha value is -3.58. The molecule has 57 heavy (non-hydrogen) atoms. The van der Waals surface area contributed by atoms with Gasteiger partial charge in [0, 0.05) is 6.54 Å². The molecule has 7 rings (SSSR count). The highest BCUT2D eigenvalue weighted by atomic mass is 32.2. The van der Waals surface area contributed by atoms with Gasteiger partial charge < -0.3 is 50.9 Å². The van der Waals surface area contributed by atoms with Gasteiger partial charge in [0.15, 0.2) is 23.7 Å². The van der Waals surface area contributed by atoms with Gasteiger partial charge in [0.05, 0.1) is 32.8 Å². The Morgan fingerprint density at radius 1 is 1.00 bits per heavy atom. The summed E-state index contributed by atoms with van der Waals surface area (Å²) in [6.07, 6.45) is -6.99. The number of fused-ring (bicyclic) bond motifs is 4. The molecular weight excluding hydrogens is 859 g/mol. The van der Waals surface area contributed by atoms with Gasteiger partial charge in [0.1, 0.15) is 36.1 Å².